The lowest BCUT2D eigenvalue weighted by atomic mass is 10.2. The summed E-state index contributed by atoms with van der Waals surface area (Å²) in [7, 11) is 0. The number of halogens is 2. The Balaban J connectivity index is 1.38. The molecule has 210 valence electrons. The van der Waals surface area contributed by atoms with E-state index < -0.39 is 10.8 Å². The molecule has 0 fully saturated rings. The molecule has 0 aromatic heterocycles. The first-order valence-electron chi connectivity index (χ1n) is 12.5. The van der Waals surface area contributed by atoms with E-state index in [4.69, 9.17) is 37.4 Å². The number of non-ortho nitro benzene ring substituents is 1. The maximum atomic E-state index is 12.9. The number of nitro benzene ring substituents is 1. The molecule has 1 N–H and O–H groups in total. The van der Waals surface area contributed by atoms with E-state index in [0.717, 1.165) is 11.1 Å². The predicted molar refractivity (Wildman–Crippen MR) is 157 cm³/mol. The summed E-state index contributed by atoms with van der Waals surface area (Å²) in [6.45, 7) is 2.61. The molecule has 0 bridgehead atoms. The third-order valence-electron chi connectivity index (χ3n) is 5.72. The van der Waals surface area contributed by atoms with E-state index in [-0.39, 0.29) is 18.9 Å². The molecule has 0 aliphatic heterocycles. The summed E-state index contributed by atoms with van der Waals surface area (Å²) in [5.41, 5.74) is 5.00. The number of carbonyl (C=O) groups excluding carboxylic acids is 1. The highest BCUT2D eigenvalue weighted by molar-refractivity contribution is 6.35. The molecule has 0 radical (unpaired) electrons. The molecule has 0 aliphatic carbocycles. The largest absolute Gasteiger partial charge is 0.490 e. The number of benzene rings is 4. The van der Waals surface area contributed by atoms with Crippen LogP contribution < -0.4 is 19.6 Å². The zero-order valence-electron chi connectivity index (χ0n) is 21.9. The molecule has 4 aromatic carbocycles. The Morgan fingerprint density at radius 2 is 1.66 bits per heavy atom. The number of carbonyl (C=O) groups is 1. The Kier molecular flexibility index (Phi) is 10.1. The van der Waals surface area contributed by atoms with Crippen molar-refractivity contribution in [2.24, 2.45) is 5.10 Å². The van der Waals surface area contributed by atoms with Gasteiger partial charge in [-0.05, 0) is 72.6 Å². The lowest BCUT2D eigenvalue weighted by Crippen LogP contribution is -2.18. The molecule has 4 rings (SSSR count). The maximum absolute atomic E-state index is 12.9. The van der Waals surface area contributed by atoms with Crippen LogP contribution in [0.1, 0.15) is 34.0 Å². The first-order chi connectivity index (χ1) is 19.8. The van der Waals surface area contributed by atoms with Gasteiger partial charge in [0.25, 0.3) is 11.6 Å². The standard InChI is InChI=1S/C30H25Cl2N3O6/c1-2-39-29-15-21(9-14-28(29)40-18-20-7-12-24(13-8-20)35(37)38)17-33-34-30(36)25-5-3-4-6-27(25)41-19-22-10-11-23(31)16-26(22)32/h3-17H,2,18-19H2,1H3,(H,34,36)/b33-17+. The fourth-order valence-corrected chi connectivity index (χ4v) is 4.13. The van der Waals surface area contributed by atoms with Gasteiger partial charge in [0.2, 0.25) is 0 Å². The number of nitro groups is 1. The molecular formula is C30H25Cl2N3O6. The van der Waals surface area contributed by atoms with Crippen molar-refractivity contribution in [1.82, 2.24) is 5.43 Å². The predicted octanol–water partition coefficient (Wildman–Crippen LogP) is 7.22. The minimum Gasteiger partial charge on any atom is -0.490 e. The summed E-state index contributed by atoms with van der Waals surface area (Å²) >= 11 is 12.2. The summed E-state index contributed by atoms with van der Waals surface area (Å²) in [6.07, 6.45) is 1.48. The van der Waals surface area contributed by atoms with E-state index in [0.29, 0.717) is 45.0 Å². The minimum atomic E-state index is -0.452. The van der Waals surface area contributed by atoms with Gasteiger partial charge in [-0.25, -0.2) is 5.43 Å². The highest BCUT2D eigenvalue weighted by Crippen LogP contribution is 2.29. The van der Waals surface area contributed by atoms with Crippen molar-refractivity contribution in [3.05, 3.63) is 127 Å². The quantitative estimate of drug-likeness (QED) is 0.105. The summed E-state index contributed by atoms with van der Waals surface area (Å²) in [6, 6.07) is 23.3. The van der Waals surface area contributed by atoms with E-state index in [1.165, 1.54) is 18.3 Å². The van der Waals surface area contributed by atoms with E-state index in [2.05, 4.69) is 10.5 Å². The van der Waals surface area contributed by atoms with Gasteiger partial charge >= 0.3 is 0 Å². The normalized spacial score (nSPS) is 10.8. The van der Waals surface area contributed by atoms with Crippen LogP contribution in [0.5, 0.6) is 17.2 Å². The van der Waals surface area contributed by atoms with Crippen LogP contribution in [0.2, 0.25) is 10.0 Å². The molecule has 0 heterocycles. The Bertz CT molecular complexity index is 1560. The van der Waals surface area contributed by atoms with Crippen LogP contribution >= 0.6 is 23.2 Å². The van der Waals surface area contributed by atoms with Gasteiger partial charge in [-0.3, -0.25) is 14.9 Å². The summed E-state index contributed by atoms with van der Waals surface area (Å²) < 4.78 is 17.4. The summed E-state index contributed by atoms with van der Waals surface area (Å²) in [4.78, 5) is 23.2. The minimum absolute atomic E-state index is 0.0124. The van der Waals surface area contributed by atoms with Crippen molar-refractivity contribution in [2.45, 2.75) is 20.1 Å². The molecule has 9 nitrogen and oxygen atoms in total. The van der Waals surface area contributed by atoms with Crippen LogP contribution in [-0.4, -0.2) is 23.7 Å². The van der Waals surface area contributed by atoms with Crippen LogP contribution in [-0.2, 0) is 13.2 Å². The molecule has 1 amide bonds. The van der Waals surface area contributed by atoms with Crippen LogP contribution in [0, 0.1) is 10.1 Å². The van der Waals surface area contributed by atoms with Crippen LogP contribution in [0.4, 0.5) is 5.69 Å². The second-order valence-corrected chi connectivity index (χ2v) is 9.41. The van der Waals surface area contributed by atoms with Crippen LogP contribution in [0.3, 0.4) is 0 Å². The number of hydrogen-bond donors (Lipinski definition) is 1. The monoisotopic (exact) mass is 593 g/mol. The van der Waals surface area contributed by atoms with Gasteiger partial charge in [-0.2, -0.15) is 5.10 Å². The highest BCUT2D eigenvalue weighted by atomic mass is 35.5. The van der Waals surface area contributed by atoms with Crippen molar-refractivity contribution in [2.75, 3.05) is 6.61 Å². The van der Waals surface area contributed by atoms with Crippen LogP contribution in [0.15, 0.2) is 90.0 Å². The average molecular weight is 594 g/mol. The van der Waals surface area contributed by atoms with Crippen molar-refractivity contribution in [3.63, 3.8) is 0 Å². The third kappa shape index (κ3) is 8.20. The summed E-state index contributed by atoms with van der Waals surface area (Å²) in [5, 5.41) is 15.9. The van der Waals surface area contributed by atoms with Gasteiger partial charge in [0, 0.05) is 27.7 Å². The molecule has 41 heavy (non-hydrogen) atoms. The van der Waals surface area contributed by atoms with Crippen molar-refractivity contribution < 1.29 is 23.9 Å². The fourth-order valence-electron chi connectivity index (χ4n) is 3.67. The topological polar surface area (TPSA) is 112 Å². The van der Waals surface area contributed by atoms with Crippen LogP contribution in [0.25, 0.3) is 0 Å². The van der Waals surface area contributed by atoms with E-state index >= 15 is 0 Å². The molecule has 0 unspecified atom stereocenters. The SMILES string of the molecule is CCOc1cc(/C=N/NC(=O)c2ccccc2OCc2ccc(Cl)cc2Cl)ccc1OCc1ccc([N+](=O)[O-])cc1. The van der Waals surface area contributed by atoms with E-state index in [1.54, 1.807) is 72.8 Å². The van der Waals surface area contributed by atoms with Gasteiger partial charge in [0.1, 0.15) is 19.0 Å². The molecule has 4 aromatic rings. The number of hydrogen-bond acceptors (Lipinski definition) is 7. The number of rotatable bonds is 12. The van der Waals surface area contributed by atoms with Gasteiger partial charge in [-0.15, -0.1) is 0 Å². The number of nitrogens with one attached hydrogen (secondary N) is 1. The first-order valence-corrected chi connectivity index (χ1v) is 13.2. The average Bonchev–Trinajstić information content (AvgIpc) is 2.97. The Hall–Kier alpha value is -4.60. The van der Waals surface area contributed by atoms with Gasteiger partial charge in [0.15, 0.2) is 11.5 Å². The smallest absolute Gasteiger partial charge is 0.275 e. The second-order valence-electron chi connectivity index (χ2n) is 8.57. The van der Waals surface area contributed by atoms with E-state index in [1.807, 2.05) is 6.92 Å². The number of hydrazone groups is 1. The zero-order chi connectivity index (χ0) is 29.2. The van der Waals surface area contributed by atoms with Gasteiger partial charge in [-0.1, -0.05) is 41.4 Å². The maximum Gasteiger partial charge on any atom is 0.275 e. The number of amides is 1. The molecule has 0 saturated carbocycles. The molecule has 11 heteroatoms. The lowest BCUT2D eigenvalue weighted by molar-refractivity contribution is -0.384. The molecule has 0 spiro atoms. The van der Waals surface area contributed by atoms with Crippen molar-refractivity contribution in [3.8, 4) is 17.2 Å². The Labute approximate surface area is 246 Å². The fraction of sp³-hybridized carbons (Fsp3) is 0.133. The highest BCUT2D eigenvalue weighted by Gasteiger charge is 2.13. The summed E-state index contributed by atoms with van der Waals surface area (Å²) in [5.74, 6) is 0.911. The van der Waals surface area contributed by atoms with Crippen molar-refractivity contribution >= 4 is 41.0 Å². The number of para-hydroxylation sites is 1. The molecule has 0 saturated heterocycles. The number of nitrogens with zero attached hydrogens (tertiary/aromatic N) is 2. The second kappa shape index (κ2) is 14.2. The number of ether oxygens (including phenoxy) is 3. The first kappa shape index (κ1) is 29.4. The third-order valence-corrected chi connectivity index (χ3v) is 6.31. The van der Waals surface area contributed by atoms with Gasteiger partial charge in [0.05, 0.1) is 23.3 Å². The molecule has 0 aliphatic rings. The Morgan fingerprint density at radius 3 is 2.39 bits per heavy atom. The molecule has 0 atom stereocenters. The molecular weight excluding hydrogens is 569 g/mol. The van der Waals surface area contributed by atoms with Crippen molar-refractivity contribution in [1.29, 1.82) is 0 Å². The van der Waals surface area contributed by atoms with E-state index in [9.17, 15) is 14.9 Å². The lowest BCUT2D eigenvalue weighted by Gasteiger charge is -2.13. The Morgan fingerprint density at radius 1 is 0.902 bits per heavy atom. The van der Waals surface area contributed by atoms with Gasteiger partial charge < -0.3 is 14.2 Å². The zero-order valence-corrected chi connectivity index (χ0v) is 23.4.